The molecule has 1 aliphatic carbocycles. The summed E-state index contributed by atoms with van der Waals surface area (Å²) in [5.41, 5.74) is -2.48. The van der Waals surface area contributed by atoms with Crippen LogP contribution in [0.1, 0.15) is 38.7 Å². The molecule has 0 bridgehead atoms. The molecule has 1 saturated carbocycles. The molecule has 0 N–H and O–H groups in total. The number of hydrogen-bond donors (Lipinski definition) is 0. The fraction of sp³-hybridized carbons (Fsp3) is 0.433. The van der Waals surface area contributed by atoms with Crippen molar-refractivity contribution < 1.29 is 26.7 Å². The predicted molar refractivity (Wildman–Crippen MR) is 152 cm³/mol. The highest BCUT2D eigenvalue weighted by Crippen LogP contribution is 2.54. The molecule has 3 aliphatic rings. The van der Waals surface area contributed by atoms with Gasteiger partial charge in [0.25, 0.3) is 0 Å². The van der Waals surface area contributed by atoms with Crippen molar-refractivity contribution in [2.24, 2.45) is 5.41 Å². The fourth-order valence-electron chi connectivity index (χ4n) is 6.51. The smallest absolute Gasteiger partial charge is 0.349 e. The number of nitrogens with zero attached hydrogens (tertiary/aromatic N) is 4. The third-order valence-corrected chi connectivity index (χ3v) is 10.3. The molecule has 0 radical (unpaired) electrons. The Morgan fingerprint density at radius 3 is 2.50 bits per heavy atom. The maximum atomic E-state index is 15.2. The Balaban J connectivity index is 1.66. The molecule has 2 aromatic carbocycles. The molecule has 2 aliphatic heterocycles. The number of piperazine rings is 1. The summed E-state index contributed by atoms with van der Waals surface area (Å²) in [6.45, 7) is 7.97. The summed E-state index contributed by atoms with van der Waals surface area (Å²) < 4.78 is 75.0. The van der Waals surface area contributed by atoms with E-state index in [0.717, 1.165) is 37.5 Å². The minimum Gasteiger partial charge on any atom is -0.349 e. The van der Waals surface area contributed by atoms with E-state index in [0.29, 0.717) is 18.4 Å². The molecule has 1 aromatic heterocycles. The van der Waals surface area contributed by atoms with E-state index in [4.69, 9.17) is 0 Å². The van der Waals surface area contributed by atoms with Gasteiger partial charge in [-0.2, -0.15) is 18.2 Å². The SMILES string of the molecule is C=CC(=O)N1C[C@H](C)N(c2nc(=O)n3c4c(c(-c5ccc(F)cc5F)c(C(F)(F)F)cc24)SCC2(CCC2)C3)C[C@H]1C. The number of hydrogen-bond acceptors (Lipinski definition) is 5. The predicted octanol–water partition coefficient (Wildman–Crippen LogP) is 6.25. The number of rotatable bonds is 3. The third kappa shape index (κ3) is 4.58. The zero-order chi connectivity index (χ0) is 30.1. The van der Waals surface area contributed by atoms with Crippen molar-refractivity contribution in [2.45, 2.75) is 62.8 Å². The highest BCUT2D eigenvalue weighted by atomic mass is 32.2. The summed E-state index contributed by atoms with van der Waals surface area (Å²) in [4.78, 5) is 34.1. The molecule has 6 nitrogen and oxygen atoms in total. The van der Waals surface area contributed by atoms with Gasteiger partial charge in [-0.1, -0.05) is 13.0 Å². The van der Waals surface area contributed by atoms with Crippen LogP contribution in [-0.2, 0) is 17.5 Å². The Morgan fingerprint density at radius 2 is 1.88 bits per heavy atom. The van der Waals surface area contributed by atoms with Gasteiger partial charge in [0, 0.05) is 64.9 Å². The monoisotopic (exact) mass is 604 g/mol. The molecule has 2 atom stereocenters. The first-order chi connectivity index (χ1) is 19.8. The van der Waals surface area contributed by atoms with E-state index in [1.807, 2.05) is 13.8 Å². The third-order valence-electron chi connectivity index (χ3n) is 8.85. The van der Waals surface area contributed by atoms with Gasteiger partial charge >= 0.3 is 11.9 Å². The van der Waals surface area contributed by atoms with Gasteiger partial charge in [-0.15, -0.1) is 11.8 Å². The quantitative estimate of drug-likeness (QED) is 0.262. The van der Waals surface area contributed by atoms with Crippen molar-refractivity contribution in [3.63, 3.8) is 0 Å². The van der Waals surface area contributed by atoms with Crippen molar-refractivity contribution in [3.8, 4) is 11.1 Å². The molecule has 42 heavy (non-hydrogen) atoms. The first-order valence-corrected chi connectivity index (χ1v) is 14.8. The molecule has 222 valence electrons. The second-order valence-electron chi connectivity index (χ2n) is 11.6. The molecule has 3 aromatic rings. The molecular formula is C30H29F5N4O2S. The van der Waals surface area contributed by atoms with Crippen molar-refractivity contribution in [3.05, 3.63) is 64.6 Å². The number of anilines is 1. The van der Waals surface area contributed by atoms with E-state index in [1.54, 1.807) is 9.80 Å². The van der Waals surface area contributed by atoms with Crippen molar-refractivity contribution in [1.82, 2.24) is 14.5 Å². The number of alkyl halides is 3. The van der Waals surface area contributed by atoms with Crippen LogP contribution in [0, 0.1) is 17.0 Å². The van der Waals surface area contributed by atoms with Crippen molar-refractivity contribution in [2.75, 3.05) is 23.7 Å². The normalized spacial score (nSPS) is 21.8. The average Bonchev–Trinajstić information content (AvgIpc) is 3.10. The summed E-state index contributed by atoms with van der Waals surface area (Å²) in [6.07, 6.45) is -1.12. The lowest BCUT2D eigenvalue weighted by Crippen LogP contribution is -2.58. The van der Waals surface area contributed by atoms with Crippen LogP contribution >= 0.6 is 11.8 Å². The van der Waals surface area contributed by atoms with Crippen LogP contribution < -0.4 is 10.6 Å². The largest absolute Gasteiger partial charge is 0.417 e. The molecule has 2 fully saturated rings. The molecule has 6 rings (SSSR count). The standard InChI is InChI=1S/C30H29F5N4O2S/c1-4-23(40)37-12-17(3)38(13-16(37)2)27-20-11-21(30(33,34)35)24(19-7-6-18(31)10-22(19)32)26-25(20)39(28(41)36-27)14-29(15-42-26)8-5-9-29/h4,6-7,10-11,16-17H,1,5,8-9,12-15H2,2-3H3/t16-,17+/m1/s1. The summed E-state index contributed by atoms with van der Waals surface area (Å²) in [5, 5.41) is 0.134. The lowest BCUT2D eigenvalue weighted by atomic mass is 9.70. The van der Waals surface area contributed by atoms with Gasteiger partial charge in [0.05, 0.1) is 11.1 Å². The molecule has 12 heteroatoms. The molecule has 0 unspecified atom stereocenters. The topological polar surface area (TPSA) is 58.4 Å². The maximum Gasteiger partial charge on any atom is 0.417 e. The van der Waals surface area contributed by atoms with Gasteiger partial charge in [-0.25, -0.2) is 13.6 Å². The van der Waals surface area contributed by atoms with Crippen LogP contribution in [0.4, 0.5) is 27.8 Å². The van der Waals surface area contributed by atoms with Crippen LogP contribution in [0.15, 0.2) is 46.6 Å². The van der Waals surface area contributed by atoms with Gasteiger partial charge in [0.2, 0.25) is 5.91 Å². The second kappa shape index (κ2) is 10.1. The number of carbonyl (C=O) groups is 1. The van der Waals surface area contributed by atoms with Crippen molar-refractivity contribution in [1.29, 1.82) is 0 Å². The second-order valence-corrected chi connectivity index (χ2v) is 12.6. The van der Waals surface area contributed by atoms with Crippen LogP contribution in [0.5, 0.6) is 0 Å². The Labute approximate surface area is 243 Å². The number of benzene rings is 2. The van der Waals surface area contributed by atoms with Gasteiger partial charge in [0.15, 0.2) is 0 Å². The maximum absolute atomic E-state index is 15.2. The Morgan fingerprint density at radius 1 is 1.14 bits per heavy atom. The molecule has 3 heterocycles. The number of amides is 1. The highest BCUT2D eigenvalue weighted by Gasteiger charge is 2.44. The summed E-state index contributed by atoms with van der Waals surface area (Å²) >= 11 is 1.19. The first kappa shape index (κ1) is 28.7. The minimum atomic E-state index is -4.89. The molecular weight excluding hydrogens is 575 g/mol. The number of thioether (sulfide) groups is 1. The zero-order valence-corrected chi connectivity index (χ0v) is 23.9. The lowest BCUT2D eigenvalue weighted by Gasteiger charge is -2.44. The highest BCUT2D eigenvalue weighted by molar-refractivity contribution is 7.99. The summed E-state index contributed by atoms with van der Waals surface area (Å²) in [7, 11) is 0. The van der Waals surface area contributed by atoms with Crippen LogP contribution in [0.2, 0.25) is 0 Å². The number of aromatic nitrogens is 2. The van der Waals surface area contributed by atoms with E-state index in [2.05, 4.69) is 11.6 Å². The average molecular weight is 605 g/mol. The van der Waals surface area contributed by atoms with Crippen LogP contribution in [0.25, 0.3) is 22.0 Å². The zero-order valence-electron chi connectivity index (χ0n) is 23.1. The molecule has 1 amide bonds. The van der Waals surface area contributed by atoms with Crippen LogP contribution in [0.3, 0.4) is 0 Å². The van der Waals surface area contributed by atoms with Gasteiger partial charge in [0.1, 0.15) is 17.5 Å². The van der Waals surface area contributed by atoms with Gasteiger partial charge in [-0.05, 0) is 56.4 Å². The first-order valence-electron chi connectivity index (χ1n) is 13.8. The van der Waals surface area contributed by atoms with E-state index >= 15 is 4.39 Å². The van der Waals surface area contributed by atoms with E-state index < -0.39 is 34.6 Å². The number of halogens is 5. The minimum absolute atomic E-state index is 0.0966. The summed E-state index contributed by atoms with van der Waals surface area (Å²) in [5.74, 6) is -1.74. The van der Waals surface area contributed by atoms with Crippen molar-refractivity contribution >= 4 is 34.4 Å². The van der Waals surface area contributed by atoms with Gasteiger partial charge < -0.3 is 9.80 Å². The number of carbonyl (C=O) groups excluding carboxylic acids is 1. The Hall–Kier alpha value is -3.41. The Bertz CT molecular complexity index is 1680. The van der Waals surface area contributed by atoms with E-state index in [1.165, 1.54) is 22.4 Å². The summed E-state index contributed by atoms with van der Waals surface area (Å²) in [6, 6.07) is 2.77. The lowest BCUT2D eigenvalue weighted by molar-refractivity contribution is -0.137. The van der Waals surface area contributed by atoms with E-state index in [-0.39, 0.29) is 63.7 Å². The van der Waals surface area contributed by atoms with E-state index in [9.17, 15) is 27.2 Å². The Kier molecular flexibility index (Phi) is 6.90. The van der Waals surface area contributed by atoms with Gasteiger partial charge in [-0.3, -0.25) is 9.36 Å². The fourth-order valence-corrected chi connectivity index (χ4v) is 8.07. The van der Waals surface area contributed by atoms with Crippen LogP contribution in [-0.4, -0.2) is 51.3 Å². The molecule has 1 spiro atoms. The molecule has 1 saturated heterocycles.